The molecule has 1 aliphatic heterocycles. The first-order valence-corrected chi connectivity index (χ1v) is 8.38. The van der Waals surface area contributed by atoms with E-state index in [1.807, 2.05) is 23.1 Å². The minimum Gasteiger partial charge on any atom is -0.481 e. The van der Waals surface area contributed by atoms with Gasteiger partial charge in [-0.05, 0) is 36.0 Å². The lowest BCUT2D eigenvalue weighted by atomic mass is 9.87. The topological polar surface area (TPSA) is 92.6 Å². The first kappa shape index (κ1) is 16.8. The van der Waals surface area contributed by atoms with E-state index in [0.29, 0.717) is 37.5 Å². The lowest BCUT2D eigenvalue weighted by Crippen LogP contribution is -2.37. The van der Waals surface area contributed by atoms with Crippen molar-refractivity contribution >= 4 is 23.1 Å². The Balaban J connectivity index is 1.94. The molecule has 1 saturated heterocycles. The SMILES string of the molecule is CC(C)(C)c1ccc2oc(N3C[C@H](N)CC[C@H](C(=O)O)C3)nc2c1. The van der Waals surface area contributed by atoms with Crippen LogP contribution in [0.15, 0.2) is 22.6 Å². The number of carboxylic acid groups (broad SMARTS) is 1. The summed E-state index contributed by atoms with van der Waals surface area (Å²) in [6.07, 6.45) is 1.28. The molecule has 1 aromatic carbocycles. The molecule has 2 atom stereocenters. The van der Waals surface area contributed by atoms with E-state index >= 15 is 0 Å². The molecule has 24 heavy (non-hydrogen) atoms. The Kier molecular flexibility index (Phi) is 4.25. The van der Waals surface area contributed by atoms with Crippen molar-refractivity contribution in [2.75, 3.05) is 18.0 Å². The molecule has 6 nitrogen and oxygen atoms in total. The fourth-order valence-electron chi connectivity index (χ4n) is 3.10. The van der Waals surface area contributed by atoms with E-state index in [1.54, 1.807) is 0 Å². The van der Waals surface area contributed by atoms with E-state index in [4.69, 9.17) is 10.2 Å². The zero-order valence-corrected chi connectivity index (χ0v) is 14.5. The highest BCUT2D eigenvalue weighted by molar-refractivity contribution is 5.76. The molecule has 0 amide bonds. The molecule has 3 rings (SSSR count). The van der Waals surface area contributed by atoms with Gasteiger partial charge < -0.3 is 20.2 Å². The van der Waals surface area contributed by atoms with E-state index in [-0.39, 0.29) is 11.5 Å². The largest absolute Gasteiger partial charge is 0.481 e. The van der Waals surface area contributed by atoms with Crippen LogP contribution in [0.4, 0.5) is 6.01 Å². The summed E-state index contributed by atoms with van der Waals surface area (Å²) in [4.78, 5) is 17.9. The second-order valence-corrected chi connectivity index (χ2v) is 7.71. The molecular weight excluding hydrogens is 306 g/mol. The summed E-state index contributed by atoms with van der Waals surface area (Å²) in [5.41, 5.74) is 8.82. The second-order valence-electron chi connectivity index (χ2n) is 7.71. The number of carbonyl (C=O) groups is 1. The highest BCUT2D eigenvalue weighted by atomic mass is 16.4. The van der Waals surface area contributed by atoms with Crippen LogP contribution in [-0.4, -0.2) is 35.2 Å². The van der Waals surface area contributed by atoms with Gasteiger partial charge in [0.25, 0.3) is 6.01 Å². The molecule has 0 aliphatic carbocycles. The minimum absolute atomic E-state index is 0.0344. The molecule has 2 aromatic rings. The van der Waals surface area contributed by atoms with Crippen molar-refractivity contribution in [1.82, 2.24) is 4.98 Å². The van der Waals surface area contributed by atoms with Crippen LogP contribution in [0.3, 0.4) is 0 Å². The minimum atomic E-state index is -0.791. The number of anilines is 1. The number of benzene rings is 1. The van der Waals surface area contributed by atoms with Gasteiger partial charge in [0.1, 0.15) is 5.52 Å². The van der Waals surface area contributed by atoms with Gasteiger partial charge in [0, 0.05) is 19.1 Å². The summed E-state index contributed by atoms with van der Waals surface area (Å²) >= 11 is 0. The predicted molar refractivity (Wildman–Crippen MR) is 93.3 cm³/mol. The van der Waals surface area contributed by atoms with Crippen LogP contribution >= 0.6 is 0 Å². The van der Waals surface area contributed by atoms with Crippen LogP contribution in [0.5, 0.6) is 0 Å². The van der Waals surface area contributed by atoms with Gasteiger partial charge >= 0.3 is 5.97 Å². The second kappa shape index (κ2) is 6.09. The number of aromatic nitrogens is 1. The molecule has 6 heteroatoms. The Morgan fingerprint density at radius 2 is 2.08 bits per heavy atom. The number of aliphatic carboxylic acids is 1. The normalized spacial score (nSPS) is 22.6. The number of nitrogens with two attached hydrogens (primary N) is 1. The summed E-state index contributed by atoms with van der Waals surface area (Å²) in [5.74, 6) is -1.24. The zero-order chi connectivity index (χ0) is 17.5. The maximum atomic E-state index is 11.4. The molecule has 0 radical (unpaired) electrons. The third-order valence-corrected chi connectivity index (χ3v) is 4.64. The standard InChI is InChI=1S/C18H25N3O3/c1-18(2,3)12-5-7-15-14(8-12)20-17(24-15)21-9-11(16(22)23)4-6-13(19)10-21/h5,7-8,11,13H,4,6,9-10,19H2,1-3H3,(H,22,23)/t11-,13+/m0/s1. The number of fused-ring (bicyclic) bond motifs is 1. The Labute approximate surface area is 141 Å². The van der Waals surface area contributed by atoms with Crippen LogP contribution in [0.1, 0.15) is 39.2 Å². The lowest BCUT2D eigenvalue weighted by molar-refractivity contribution is -0.141. The Morgan fingerprint density at radius 3 is 2.75 bits per heavy atom. The maximum absolute atomic E-state index is 11.4. The average molecular weight is 331 g/mol. The fourth-order valence-corrected chi connectivity index (χ4v) is 3.10. The number of carboxylic acids is 1. The summed E-state index contributed by atoms with van der Waals surface area (Å²) < 4.78 is 5.87. The Bertz CT molecular complexity index is 748. The van der Waals surface area contributed by atoms with Crippen LogP contribution in [0.25, 0.3) is 11.1 Å². The van der Waals surface area contributed by atoms with Crippen molar-refractivity contribution in [2.45, 2.75) is 45.1 Å². The van der Waals surface area contributed by atoms with E-state index in [1.165, 1.54) is 5.56 Å². The summed E-state index contributed by atoms with van der Waals surface area (Å²) in [7, 11) is 0. The summed E-state index contributed by atoms with van der Waals surface area (Å²) in [5, 5.41) is 9.36. The quantitative estimate of drug-likeness (QED) is 0.879. The molecule has 0 bridgehead atoms. The summed E-state index contributed by atoms with van der Waals surface area (Å²) in [6, 6.07) is 6.40. The Hall–Kier alpha value is -2.08. The van der Waals surface area contributed by atoms with Gasteiger partial charge in [-0.1, -0.05) is 26.8 Å². The van der Waals surface area contributed by atoms with Gasteiger partial charge in [-0.15, -0.1) is 0 Å². The zero-order valence-electron chi connectivity index (χ0n) is 14.5. The van der Waals surface area contributed by atoms with Gasteiger partial charge in [0.15, 0.2) is 5.58 Å². The van der Waals surface area contributed by atoms with Crippen molar-refractivity contribution in [3.63, 3.8) is 0 Å². The van der Waals surface area contributed by atoms with Gasteiger partial charge in [0.2, 0.25) is 0 Å². The molecule has 1 aromatic heterocycles. The number of nitrogens with zero attached hydrogens (tertiary/aromatic N) is 2. The number of rotatable bonds is 2. The molecule has 2 heterocycles. The lowest BCUT2D eigenvalue weighted by Gasteiger charge is -2.21. The van der Waals surface area contributed by atoms with Crippen LogP contribution < -0.4 is 10.6 Å². The van der Waals surface area contributed by atoms with Gasteiger partial charge in [-0.3, -0.25) is 4.79 Å². The molecular formula is C18H25N3O3. The van der Waals surface area contributed by atoms with Crippen molar-refractivity contribution < 1.29 is 14.3 Å². The molecule has 3 N–H and O–H groups in total. The van der Waals surface area contributed by atoms with Crippen molar-refractivity contribution in [1.29, 1.82) is 0 Å². The molecule has 1 aliphatic rings. The molecule has 0 spiro atoms. The van der Waals surface area contributed by atoms with E-state index in [9.17, 15) is 9.90 Å². The highest BCUT2D eigenvalue weighted by Crippen LogP contribution is 2.29. The number of hydrogen-bond acceptors (Lipinski definition) is 5. The van der Waals surface area contributed by atoms with Crippen molar-refractivity contribution in [2.24, 2.45) is 11.7 Å². The van der Waals surface area contributed by atoms with Crippen LogP contribution in [0.2, 0.25) is 0 Å². The highest BCUT2D eigenvalue weighted by Gasteiger charge is 2.29. The number of oxazole rings is 1. The third-order valence-electron chi connectivity index (χ3n) is 4.64. The molecule has 130 valence electrons. The van der Waals surface area contributed by atoms with E-state index in [2.05, 4.69) is 25.8 Å². The van der Waals surface area contributed by atoms with Crippen LogP contribution in [0, 0.1) is 5.92 Å². The predicted octanol–water partition coefficient (Wildman–Crippen LogP) is 2.75. The van der Waals surface area contributed by atoms with E-state index < -0.39 is 11.9 Å². The van der Waals surface area contributed by atoms with E-state index in [0.717, 1.165) is 5.52 Å². The van der Waals surface area contributed by atoms with Gasteiger partial charge in [0.05, 0.1) is 5.92 Å². The first-order valence-electron chi connectivity index (χ1n) is 8.38. The smallest absolute Gasteiger partial charge is 0.308 e. The van der Waals surface area contributed by atoms with Gasteiger partial charge in [-0.2, -0.15) is 4.98 Å². The maximum Gasteiger partial charge on any atom is 0.308 e. The van der Waals surface area contributed by atoms with Crippen molar-refractivity contribution in [3.8, 4) is 0 Å². The van der Waals surface area contributed by atoms with Crippen LogP contribution in [-0.2, 0) is 10.2 Å². The van der Waals surface area contributed by atoms with Gasteiger partial charge in [-0.25, -0.2) is 0 Å². The molecule has 0 unspecified atom stereocenters. The van der Waals surface area contributed by atoms with Crippen molar-refractivity contribution in [3.05, 3.63) is 23.8 Å². The first-order chi connectivity index (χ1) is 11.2. The summed E-state index contributed by atoms with van der Waals surface area (Å²) in [6.45, 7) is 7.39. The number of hydrogen-bond donors (Lipinski definition) is 2. The Morgan fingerprint density at radius 1 is 1.33 bits per heavy atom. The molecule has 1 fully saturated rings. The average Bonchev–Trinajstić information content (AvgIpc) is 2.81. The third kappa shape index (κ3) is 3.38. The monoisotopic (exact) mass is 331 g/mol. The molecule has 0 saturated carbocycles. The fraction of sp³-hybridized carbons (Fsp3) is 0.556.